The van der Waals surface area contributed by atoms with Crippen LogP contribution in [0.4, 0.5) is 0 Å². The third-order valence-electron chi connectivity index (χ3n) is 0.278. The van der Waals surface area contributed by atoms with Crippen LogP contribution in [-0.4, -0.2) is 5.24 Å². The molecule has 46 valence electrons. The smallest absolute Gasteiger partial charge is 0.221 e. The summed E-state index contributed by atoms with van der Waals surface area (Å²) in [7, 11) is 0. The first-order chi connectivity index (χ1) is 2.27. The summed E-state index contributed by atoms with van der Waals surface area (Å²) in [5.41, 5.74) is 0. The maximum absolute atomic E-state index is 9.58. The second kappa shape index (κ2) is 10.8. The molecule has 0 bridgehead atoms. The van der Waals surface area contributed by atoms with E-state index in [0.29, 0.717) is 6.42 Å². The standard InChI is InChI=1S/C3H5ClO.Ar.HI/c1-2-3(4)5;;/h2H2,1H3;;1H. The molecule has 4 heteroatoms. The molecule has 0 aromatic carbocycles. The molecule has 0 aromatic heterocycles. The minimum Gasteiger partial charge on any atom is -0.281 e. The fraction of sp³-hybridized carbons (Fsp3) is 0.667. The summed E-state index contributed by atoms with van der Waals surface area (Å²) in [6, 6.07) is 0. The SMILES string of the molecule is CCC(=O)Cl.I.[Ar]. The molecule has 1 nitrogen and oxygen atoms in total. The second-order valence-corrected chi connectivity index (χ2v) is 1.13. The summed E-state index contributed by atoms with van der Waals surface area (Å²) in [5, 5.41) is -0.273. The molecular formula is C3H6ArClIO. The predicted octanol–water partition coefficient (Wildman–Crippen LogP) is 1.78. The average Bonchev–Trinajstić information content (AvgIpc) is 1.38. The van der Waals surface area contributed by atoms with Crippen LogP contribution in [0.2, 0.25) is 0 Å². The van der Waals surface area contributed by atoms with Crippen molar-refractivity contribution in [3.05, 3.63) is 0 Å². The monoisotopic (exact) mass is 260 g/mol. The van der Waals surface area contributed by atoms with Crippen LogP contribution in [0.15, 0.2) is 0 Å². The maximum atomic E-state index is 9.58. The van der Waals surface area contributed by atoms with Gasteiger partial charge in [0.1, 0.15) is 0 Å². The van der Waals surface area contributed by atoms with Gasteiger partial charge in [-0.2, -0.15) is 0 Å². The molecule has 0 spiro atoms. The van der Waals surface area contributed by atoms with Gasteiger partial charge in [-0.25, -0.2) is 0 Å². The maximum Gasteiger partial charge on any atom is 0.221 e. The van der Waals surface area contributed by atoms with Gasteiger partial charge in [-0.3, -0.25) is 4.79 Å². The van der Waals surface area contributed by atoms with Crippen LogP contribution in [0, 0.1) is 37.7 Å². The minimum absolute atomic E-state index is 0. The molecule has 0 rings (SSSR count). The normalized spacial score (nSPS) is 5.43. The van der Waals surface area contributed by atoms with Gasteiger partial charge in [-0.15, -0.1) is 24.0 Å². The van der Waals surface area contributed by atoms with Gasteiger partial charge in [0, 0.05) is 44.2 Å². The van der Waals surface area contributed by atoms with Gasteiger partial charge >= 0.3 is 0 Å². The molecule has 0 N–H and O–H groups in total. The molecule has 0 aliphatic carbocycles. The first-order valence-corrected chi connectivity index (χ1v) is 1.83. The molecule has 0 unspecified atom stereocenters. The summed E-state index contributed by atoms with van der Waals surface area (Å²) in [6.45, 7) is 1.72. The molecule has 0 fully saturated rings. The van der Waals surface area contributed by atoms with E-state index in [1.54, 1.807) is 6.92 Å². The molecule has 0 radical (unpaired) electrons. The van der Waals surface area contributed by atoms with Crippen LogP contribution in [0.5, 0.6) is 0 Å². The zero-order valence-electron chi connectivity index (χ0n) is 3.76. The summed E-state index contributed by atoms with van der Waals surface area (Å²) >= 11 is 4.82. The van der Waals surface area contributed by atoms with Crippen molar-refractivity contribution >= 4 is 40.8 Å². The number of hydrogen-bond acceptors (Lipinski definition) is 1. The van der Waals surface area contributed by atoms with E-state index < -0.39 is 0 Å². The topological polar surface area (TPSA) is 17.1 Å². The van der Waals surface area contributed by atoms with Gasteiger partial charge in [-0.1, -0.05) is 6.92 Å². The van der Waals surface area contributed by atoms with Crippen molar-refractivity contribution in [1.82, 2.24) is 0 Å². The van der Waals surface area contributed by atoms with E-state index >= 15 is 0 Å². The van der Waals surface area contributed by atoms with Gasteiger partial charge in [-0.05, 0) is 11.6 Å². The van der Waals surface area contributed by atoms with Crippen molar-refractivity contribution in [2.75, 3.05) is 0 Å². The summed E-state index contributed by atoms with van der Waals surface area (Å²) in [4.78, 5) is 9.58. The largest absolute Gasteiger partial charge is 0.281 e. The molecule has 0 atom stereocenters. The van der Waals surface area contributed by atoms with E-state index in [2.05, 4.69) is 0 Å². The van der Waals surface area contributed by atoms with Crippen molar-refractivity contribution in [3.63, 3.8) is 0 Å². The van der Waals surface area contributed by atoms with Crippen molar-refractivity contribution < 1.29 is 42.5 Å². The molecule has 0 aliphatic rings. The molecule has 0 saturated carbocycles. The Hall–Kier alpha value is 1.95. The Morgan fingerprint density at radius 1 is 1.71 bits per heavy atom. The number of hydrogen-bond donors (Lipinski definition) is 0. The number of carbonyl (C=O) groups is 1. The van der Waals surface area contributed by atoms with Crippen LogP contribution in [0.3, 0.4) is 0 Å². The molecule has 7 heavy (non-hydrogen) atoms. The first-order valence-electron chi connectivity index (χ1n) is 1.45. The summed E-state index contributed by atoms with van der Waals surface area (Å²) in [6.07, 6.45) is 0.432. The van der Waals surface area contributed by atoms with Crippen LogP contribution in [-0.2, 0) is 4.79 Å². The van der Waals surface area contributed by atoms with E-state index in [0.717, 1.165) is 0 Å². The van der Waals surface area contributed by atoms with E-state index in [-0.39, 0.29) is 67.0 Å². The third kappa shape index (κ3) is 18.0. The van der Waals surface area contributed by atoms with Gasteiger partial charge in [0.05, 0.1) is 0 Å². The Morgan fingerprint density at radius 2 is 1.86 bits per heavy atom. The van der Waals surface area contributed by atoms with E-state index in [1.807, 2.05) is 0 Å². The van der Waals surface area contributed by atoms with Crippen LogP contribution >= 0.6 is 35.6 Å². The van der Waals surface area contributed by atoms with Crippen molar-refractivity contribution in [1.29, 1.82) is 0 Å². The van der Waals surface area contributed by atoms with Gasteiger partial charge in [0.15, 0.2) is 0 Å². The Balaban J connectivity index is -0.0000000800. The quantitative estimate of drug-likeness (QED) is 0.519. The van der Waals surface area contributed by atoms with Crippen molar-refractivity contribution in [2.24, 2.45) is 0 Å². The Bertz CT molecular complexity index is 50.2. The number of rotatable bonds is 1. The van der Waals surface area contributed by atoms with E-state index in [9.17, 15) is 4.79 Å². The molecule has 0 amide bonds. The first kappa shape index (κ1) is 16.0. The van der Waals surface area contributed by atoms with Crippen molar-refractivity contribution in [3.8, 4) is 0 Å². The molecule has 0 aliphatic heterocycles. The predicted molar refractivity (Wildman–Crippen MR) is 36.6 cm³/mol. The van der Waals surface area contributed by atoms with Crippen LogP contribution in [0.25, 0.3) is 0 Å². The Kier molecular flexibility index (Phi) is 24.8. The summed E-state index contributed by atoms with van der Waals surface area (Å²) < 4.78 is 0. The average molecular weight is 260 g/mol. The van der Waals surface area contributed by atoms with Crippen LogP contribution in [0.1, 0.15) is 13.3 Å². The van der Waals surface area contributed by atoms with Gasteiger partial charge in [0.25, 0.3) is 0 Å². The third-order valence-corrected chi connectivity index (χ3v) is 0.545. The second-order valence-electron chi connectivity index (χ2n) is 0.709. The van der Waals surface area contributed by atoms with E-state index in [4.69, 9.17) is 11.6 Å². The van der Waals surface area contributed by atoms with Gasteiger partial charge in [0.2, 0.25) is 5.24 Å². The Labute approximate surface area is 95.2 Å². The molecular weight excluding hydrogens is 254 g/mol. The minimum atomic E-state index is -0.273. The fourth-order valence-electron chi connectivity index (χ4n) is 0. The van der Waals surface area contributed by atoms with Crippen LogP contribution < -0.4 is 0 Å². The molecule has 0 saturated heterocycles. The van der Waals surface area contributed by atoms with E-state index in [1.165, 1.54) is 0 Å². The number of halogens is 2. The number of carbonyl (C=O) groups excluding carboxylic acids is 1. The summed E-state index contributed by atoms with van der Waals surface area (Å²) in [5.74, 6) is 0. The molecule has 0 heterocycles. The zero-order valence-corrected chi connectivity index (χ0v) is 7.55. The molecule has 0 aromatic rings. The fourth-order valence-corrected chi connectivity index (χ4v) is 0. The van der Waals surface area contributed by atoms with Gasteiger partial charge < -0.3 is 0 Å². The van der Waals surface area contributed by atoms with Crippen molar-refractivity contribution in [2.45, 2.75) is 13.3 Å². The Morgan fingerprint density at radius 3 is 1.86 bits per heavy atom. The zero-order chi connectivity index (χ0) is 4.28.